The van der Waals surface area contributed by atoms with Gasteiger partial charge in [-0.2, -0.15) is 8.42 Å². The third-order valence-corrected chi connectivity index (χ3v) is 10.5. The van der Waals surface area contributed by atoms with E-state index in [1.165, 1.54) is 12.4 Å². The van der Waals surface area contributed by atoms with Gasteiger partial charge in [-0.1, -0.05) is 41.4 Å². The maximum absolute atomic E-state index is 12.9. The Labute approximate surface area is 280 Å². The van der Waals surface area contributed by atoms with E-state index in [0.29, 0.717) is 51.3 Å². The van der Waals surface area contributed by atoms with Crippen LogP contribution in [0.3, 0.4) is 0 Å². The average molecular weight is 689 g/mol. The molecule has 1 N–H and O–H groups in total. The molecule has 2 aromatic heterocycles. The van der Waals surface area contributed by atoms with Crippen LogP contribution in [0.4, 0.5) is 17.3 Å². The minimum Gasteiger partial charge on any atom is -0.492 e. The largest absolute Gasteiger partial charge is 0.492 e. The zero-order valence-electron chi connectivity index (χ0n) is 26.2. The quantitative estimate of drug-likeness (QED) is 0.217. The van der Waals surface area contributed by atoms with Crippen LogP contribution < -0.4 is 15.0 Å². The SMILES string of the molecule is CCOc1cc(N2CCC(N3CCN(C)CC3)CC2)c(Cl)cc1Nc1ncc(Cl)c(-c2cn(S(=O)(=O)OCC)c3ccccc23)n1. The Kier molecular flexibility index (Phi) is 9.93. The summed E-state index contributed by atoms with van der Waals surface area (Å²) in [6.07, 6.45) is 5.13. The van der Waals surface area contributed by atoms with Crippen molar-refractivity contribution in [2.24, 2.45) is 0 Å². The molecule has 0 atom stereocenters. The van der Waals surface area contributed by atoms with Gasteiger partial charge in [-0.3, -0.25) is 9.08 Å². The summed E-state index contributed by atoms with van der Waals surface area (Å²) in [6, 6.07) is 11.5. The Bertz CT molecular complexity index is 1800. The Morgan fingerprint density at radius 2 is 1.72 bits per heavy atom. The summed E-state index contributed by atoms with van der Waals surface area (Å²) in [4.78, 5) is 16.5. The van der Waals surface area contributed by atoms with Gasteiger partial charge in [0.1, 0.15) is 5.75 Å². The van der Waals surface area contributed by atoms with Crippen LogP contribution >= 0.6 is 23.2 Å². The molecule has 4 heterocycles. The van der Waals surface area contributed by atoms with E-state index >= 15 is 0 Å². The van der Waals surface area contributed by atoms with E-state index in [1.807, 2.05) is 31.2 Å². The molecule has 0 unspecified atom stereocenters. The van der Waals surface area contributed by atoms with Crippen molar-refractivity contribution in [2.45, 2.75) is 32.7 Å². The summed E-state index contributed by atoms with van der Waals surface area (Å²) in [5.74, 6) is 0.879. The number of nitrogens with zero attached hydrogens (tertiary/aromatic N) is 6. The molecule has 11 nitrogen and oxygen atoms in total. The highest BCUT2D eigenvalue weighted by atomic mass is 35.5. The van der Waals surface area contributed by atoms with E-state index in [-0.39, 0.29) is 17.6 Å². The summed E-state index contributed by atoms with van der Waals surface area (Å²) in [5.41, 5.74) is 2.88. The number of halogens is 2. The Hall–Kier alpha value is -3.13. The molecular formula is C32H39Cl2N7O4S. The van der Waals surface area contributed by atoms with Gasteiger partial charge < -0.3 is 19.9 Å². The van der Waals surface area contributed by atoms with Crippen LogP contribution in [0, 0.1) is 0 Å². The van der Waals surface area contributed by atoms with Gasteiger partial charge in [-0.25, -0.2) is 13.9 Å². The molecule has 6 rings (SSSR count). The number of fused-ring (bicyclic) bond motifs is 1. The molecular weight excluding hydrogens is 649 g/mol. The molecule has 2 saturated heterocycles. The summed E-state index contributed by atoms with van der Waals surface area (Å²) in [5, 5.41) is 4.77. The van der Waals surface area contributed by atoms with Gasteiger partial charge in [0, 0.05) is 68.5 Å². The molecule has 0 saturated carbocycles. The van der Waals surface area contributed by atoms with E-state index in [1.54, 1.807) is 19.1 Å². The minimum atomic E-state index is -4.06. The molecule has 0 amide bonds. The number of aromatic nitrogens is 3. The van der Waals surface area contributed by atoms with Crippen LogP contribution in [0.5, 0.6) is 5.75 Å². The van der Waals surface area contributed by atoms with Gasteiger partial charge in [0.2, 0.25) is 5.95 Å². The topological polar surface area (TPSA) is 105 Å². The lowest BCUT2D eigenvalue weighted by Gasteiger charge is -2.42. The first-order valence-corrected chi connectivity index (χ1v) is 17.7. The number of benzene rings is 2. The molecule has 14 heteroatoms. The van der Waals surface area contributed by atoms with Gasteiger partial charge in [0.05, 0.1) is 52.0 Å². The van der Waals surface area contributed by atoms with Gasteiger partial charge in [0.25, 0.3) is 0 Å². The van der Waals surface area contributed by atoms with Crippen LogP contribution in [0.2, 0.25) is 10.0 Å². The summed E-state index contributed by atoms with van der Waals surface area (Å²) >= 11 is 13.5. The third-order valence-electron chi connectivity index (χ3n) is 8.64. The number of rotatable bonds is 10. The van der Waals surface area contributed by atoms with Gasteiger partial charge in [-0.05, 0) is 45.9 Å². The molecule has 2 aliphatic rings. The Morgan fingerprint density at radius 3 is 2.43 bits per heavy atom. The normalized spacial score (nSPS) is 17.1. The lowest BCUT2D eigenvalue weighted by molar-refractivity contribution is 0.0982. The Morgan fingerprint density at radius 1 is 0.978 bits per heavy atom. The van der Waals surface area contributed by atoms with Crippen LogP contribution in [-0.2, 0) is 14.5 Å². The predicted molar refractivity (Wildman–Crippen MR) is 184 cm³/mol. The van der Waals surface area contributed by atoms with Crippen LogP contribution in [0.1, 0.15) is 26.7 Å². The summed E-state index contributed by atoms with van der Waals surface area (Å²) in [6.45, 7) is 10.4. The second-order valence-electron chi connectivity index (χ2n) is 11.5. The van der Waals surface area contributed by atoms with E-state index in [0.717, 1.165) is 61.8 Å². The highest BCUT2D eigenvalue weighted by Crippen LogP contribution is 2.40. The van der Waals surface area contributed by atoms with Crippen molar-refractivity contribution in [1.82, 2.24) is 23.7 Å². The third kappa shape index (κ3) is 6.78. The average Bonchev–Trinajstić information content (AvgIpc) is 3.44. The van der Waals surface area contributed by atoms with Gasteiger partial charge in [-0.15, -0.1) is 0 Å². The minimum absolute atomic E-state index is 0.00487. The van der Waals surface area contributed by atoms with Crippen molar-refractivity contribution < 1.29 is 17.3 Å². The van der Waals surface area contributed by atoms with Gasteiger partial charge in [0.15, 0.2) is 0 Å². The fourth-order valence-corrected chi connectivity index (χ4v) is 7.80. The van der Waals surface area contributed by atoms with E-state index in [2.05, 4.69) is 32.0 Å². The number of piperidine rings is 1. The van der Waals surface area contributed by atoms with Gasteiger partial charge >= 0.3 is 10.3 Å². The predicted octanol–water partition coefficient (Wildman–Crippen LogP) is 5.89. The Balaban J connectivity index is 1.26. The molecule has 2 aliphatic heterocycles. The standard InChI is InChI=1S/C32H39Cl2N7O4S/c1-4-44-30-19-29(40-12-10-22(11-13-40)39-16-14-38(3)15-17-39)25(33)18-27(30)36-32-35-20-26(34)31(37-32)24-21-41(46(42,43)45-5-2)28-9-7-6-8-23(24)28/h6-9,18-22H,4-5,10-17H2,1-3H3,(H,35,36,37). The number of nitrogens with one attached hydrogen (secondary N) is 1. The first-order chi connectivity index (χ1) is 22.2. The van der Waals surface area contributed by atoms with Crippen molar-refractivity contribution in [3.8, 4) is 17.0 Å². The van der Waals surface area contributed by atoms with Crippen molar-refractivity contribution in [2.75, 3.05) is 69.7 Å². The zero-order valence-corrected chi connectivity index (χ0v) is 28.6. The molecule has 0 radical (unpaired) electrons. The van der Waals surface area contributed by atoms with E-state index in [9.17, 15) is 8.42 Å². The molecule has 2 aromatic carbocycles. The molecule has 246 valence electrons. The zero-order chi connectivity index (χ0) is 32.4. The van der Waals surface area contributed by atoms with Crippen LogP contribution in [0.25, 0.3) is 22.2 Å². The number of piperazine rings is 1. The number of hydrogen-bond donors (Lipinski definition) is 1. The first-order valence-electron chi connectivity index (χ1n) is 15.6. The number of anilines is 3. The number of ether oxygens (including phenoxy) is 1. The van der Waals surface area contributed by atoms with Crippen molar-refractivity contribution in [3.05, 3.63) is 58.8 Å². The molecule has 4 aromatic rings. The van der Waals surface area contributed by atoms with Crippen LogP contribution in [0.15, 0.2) is 48.8 Å². The summed E-state index contributed by atoms with van der Waals surface area (Å²) < 4.78 is 38.0. The second-order valence-corrected chi connectivity index (χ2v) is 13.8. The number of para-hydroxylation sites is 1. The molecule has 0 aliphatic carbocycles. The highest BCUT2D eigenvalue weighted by molar-refractivity contribution is 7.85. The van der Waals surface area contributed by atoms with Crippen LogP contribution in [-0.4, -0.2) is 97.7 Å². The fourth-order valence-electron chi connectivity index (χ4n) is 6.28. The van der Waals surface area contributed by atoms with E-state index in [4.69, 9.17) is 37.1 Å². The molecule has 2 fully saturated rings. The van der Waals surface area contributed by atoms with Crippen molar-refractivity contribution in [1.29, 1.82) is 0 Å². The maximum atomic E-state index is 12.9. The monoisotopic (exact) mass is 687 g/mol. The summed E-state index contributed by atoms with van der Waals surface area (Å²) in [7, 11) is -1.87. The highest BCUT2D eigenvalue weighted by Gasteiger charge is 2.28. The molecule has 46 heavy (non-hydrogen) atoms. The second kappa shape index (κ2) is 13.9. The first kappa shape index (κ1) is 32.8. The maximum Gasteiger partial charge on any atom is 0.366 e. The molecule has 0 bridgehead atoms. The lowest BCUT2D eigenvalue weighted by Crippen LogP contribution is -2.52. The number of hydrogen-bond acceptors (Lipinski definition) is 10. The molecule has 0 spiro atoms. The van der Waals surface area contributed by atoms with Crippen molar-refractivity contribution >= 4 is 61.7 Å². The van der Waals surface area contributed by atoms with Crippen molar-refractivity contribution in [3.63, 3.8) is 0 Å². The fraction of sp³-hybridized carbons (Fsp3) is 0.438. The lowest BCUT2D eigenvalue weighted by atomic mass is 10.0. The van der Waals surface area contributed by atoms with E-state index < -0.39 is 10.3 Å². The smallest absolute Gasteiger partial charge is 0.366 e. The number of likely N-dealkylation sites (N-methyl/N-ethyl adjacent to an activating group) is 1.